The van der Waals surface area contributed by atoms with E-state index in [9.17, 15) is 53.8 Å². The maximum Gasteiger partial charge on any atom is 0.430 e. The Morgan fingerprint density at radius 1 is 0.978 bits per heavy atom. The Hall–Kier alpha value is -3.40. The van der Waals surface area contributed by atoms with Gasteiger partial charge in [0.1, 0.15) is 11.6 Å². The second-order valence-corrected chi connectivity index (χ2v) is 12.9. The topological polar surface area (TPSA) is 113 Å². The van der Waals surface area contributed by atoms with E-state index in [2.05, 4.69) is 5.32 Å². The van der Waals surface area contributed by atoms with Gasteiger partial charge in [0, 0.05) is 24.4 Å². The van der Waals surface area contributed by atoms with Crippen LogP contribution in [0.3, 0.4) is 0 Å². The van der Waals surface area contributed by atoms with Crippen LogP contribution in [-0.4, -0.2) is 56.4 Å². The number of ketones is 1. The quantitative estimate of drug-likeness (QED) is 0.322. The average molecular weight is 669 g/mol. The number of benzene rings is 2. The van der Waals surface area contributed by atoms with E-state index in [0.29, 0.717) is 25.0 Å². The smallest absolute Gasteiger partial charge is 0.430 e. The second kappa shape index (κ2) is 12.8. The average Bonchev–Trinajstić information content (AvgIpc) is 3.36. The second-order valence-electron chi connectivity index (χ2n) is 11.1. The Labute approximate surface area is 254 Å². The normalized spacial score (nSPS) is 20.9. The zero-order chi connectivity index (χ0) is 33.4. The van der Waals surface area contributed by atoms with Crippen molar-refractivity contribution in [2.75, 3.05) is 10.9 Å². The highest BCUT2D eigenvalue weighted by Gasteiger charge is 2.71. The van der Waals surface area contributed by atoms with Gasteiger partial charge >= 0.3 is 18.4 Å². The van der Waals surface area contributed by atoms with Crippen LogP contribution in [-0.2, 0) is 31.6 Å². The molecule has 4 rings (SSSR count). The van der Waals surface area contributed by atoms with E-state index in [1.807, 2.05) is 0 Å². The van der Waals surface area contributed by atoms with E-state index in [1.165, 1.54) is 0 Å². The molecule has 1 amide bonds. The maximum absolute atomic E-state index is 13.9. The van der Waals surface area contributed by atoms with Gasteiger partial charge in [-0.1, -0.05) is 18.6 Å². The standard InChI is InChI=1S/C29H31F7N2O6S/c1-2-44-26(40)37-24-5-3-4-17(24)15-22(39)16-21-10-6-18-14-19(27(41,28(31,32)33)29(34,35)36)7-13-25(18)38(21)45(42,43)23-11-8-20(30)9-12-23/h7-9,11-14,17,21,24,41H,2-6,10,15-16H2,1H3,(H,37,40)/t17-,21-,24+/m0/s1. The zero-order valence-electron chi connectivity index (χ0n) is 23.9. The Bertz CT molecular complexity index is 1500. The number of anilines is 1. The van der Waals surface area contributed by atoms with E-state index in [1.54, 1.807) is 6.92 Å². The molecule has 248 valence electrons. The number of amides is 1. The van der Waals surface area contributed by atoms with Crippen molar-refractivity contribution >= 4 is 27.6 Å². The molecule has 3 atom stereocenters. The molecule has 0 aromatic heterocycles. The first-order valence-electron chi connectivity index (χ1n) is 14.1. The SMILES string of the molecule is CCOC(=O)N[C@@H]1CCC[C@H]1CC(=O)C[C@@H]1CCc2cc(C(O)(C(F)(F)F)C(F)(F)F)ccc2N1S(=O)(=O)c1ccc(F)cc1. The Kier molecular flexibility index (Phi) is 9.79. The molecule has 16 heteroatoms. The molecule has 1 fully saturated rings. The fourth-order valence-corrected chi connectivity index (χ4v) is 7.73. The number of hydrogen-bond acceptors (Lipinski definition) is 6. The number of aliphatic hydroxyl groups is 1. The summed E-state index contributed by atoms with van der Waals surface area (Å²) in [7, 11) is -4.62. The molecular formula is C29H31F7N2O6S. The van der Waals surface area contributed by atoms with Crippen molar-refractivity contribution in [3.63, 3.8) is 0 Å². The Morgan fingerprint density at radius 2 is 1.62 bits per heavy atom. The van der Waals surface area contributed by atoms with E-state index >= 15 is 0 Å². The van der Waals surface area contributed by atoms with Crippen molar-refractivity contribution in [1.29, 1.82) is 0 Å². The minimum Gasteiger partial charge on any atom is -0.450 e. The summed E-state index contributed by atoms with van der Waals surface area (Å²) in [5.74, 6) is -1.39. The van der Waals surface area contributed by atoms with Crippen molar-refractivity contribution in [1.82, 2.24) is 5.32 Å². The number of rotatable bonds is 9. The number of nitrogens with one attached hydrogen (secondary N) is 1. The molecular weight excluding hydrogens is 637 g/mol. The minimum absolute atomic E-state index is 0.0198. The van der Waals surface area contributed by atoms with E-state index in [0.717, 1.165) is 41.1 Å². The first-order valence-corrected chi connectivity index (χ1v) is 15.6. The molecule has 0 saturated heterocycles. The highest BCUT2D eigenvalue weighted by atomic mass is 32.2. The van der Waals surface area contributed by atoms with E-state index < -0.39 is 56.4 Å². The Morgan fingerprint density at radius 3 is 2.22 bits per heavy atom. The summed E-state index contributed by atoms with van der Waals surface area (Å²) in [5, 5.41) is 12.6. The maximum atomic E-state index is 13.9. The van der Waals surface area contributed by atoms with Gasteiger partial charge in [-0.25, -0.2) is 17.6 Å². The number of ether oxygens (including phenoxy) is 1. The Balaban J connectivity index is 1.69. The van der Waals surface area contributed by atoms with Gasteiger partial charge in [-0.15, -0.1) is 0 Å². The molecule has 2 N–H and O–H groups in total. The number of sulfonamides is 1. The molecule has 1 aliphatic heterocycles. The monoisotopic (exact) mass is 668 g/mol. The molecule has 0 unspecified atom stereocenters. The molecule has 1 aliphatic carbocycles. The van der Waals surface area contributed by atoms with Crippen LogP contribution in [0.4, 0.5) is 41.2 Å². The molecule has 8 nitrogen and oxygen atoms in total. The third-order valence-corrected chi connectivity index (χ3v) is 10.1. The summed E-state index contributed by atoms with van der Waals surface area (Å²) in [6, 6.07) is 3.74. The largest absolute Gasteiger partial charge is 0.450 e. The van der Waals surface area contributed by atoms with Crippen molar-refractivity contribution in [2.24, 2.45) is 5.92 Å². The number of alkyl halides is 6. The molecule has 0 spiro atoms. The number of fused-ring (bicyclic) bond motifs is 1. The molecule has 1 saturated carbocycles. The number of carbonyl (C=O) groups is 2. The van der Waals surface area contributed by atoms with Crippen LogP contribution in [0.25, 0.3) is 0 Å². The predicted octanol–water partition coefficient (Wildman–Crippen LogP) is 5.91. The third-order valence-electron chi connectivity index (χ3n) is 8.20. The van der Waals surface area contributed by atoms with Crippen molar-refractivity contribution in [2.45, 2.75) is 86.8 Å². The molecule has 2 aromatic carbocycles. The summed E-state index contributed by atoms with van der Waals surface area (Å²) in [6.07, 6.45) is -11.7. The fourth-order valence-electron chi connectivity index (χ4n) is 6.01. The minimum atomic E-state index is -6.15. The van der Waals surface area contributed by atoms with Gasteiger partial charge in [0.15, 0.2) is 0 Å². The van der Waals surface area contributed by atoms with Gasteiger partial charge < -0.3 is 15.2 Å². The van der Waals surface area contributed by atoms with Crippen LogP contribution in [0.2, 0.25) is 0 Å². The van der Waals surface area contributed by atoms with Gasteiger partial charge in [0.25, 0.3) is 15.6 Å². The number of halogens is 7. The molecule has 45 heavy (non-hydrogen) atoms. The fraction of sp³-hybridized carbons (Fsp3) is 0.517. The van der Waals surface area contributed by atoms with Crippen LogP contribution < -0.4 is 9.62 Å². The number of carbonyl (C=O) groups excluding carboxylic acids is 2. The van der Waals surface area contributed by atoms with E-state index in [4.69, 9.17) is 4.74 Å². The van der Waals surface area contributed by atoms with Gasteiger partial charge in [0.2, 0.25) is 0 Å². The van der Waals surface area contributed by atoms with Crippen LogP contribution in [0.15, 0.2) is 47.4 Å². The molecule has 1 heterocycles. The first-order chi connectivity index (χ1) is 20.9. The summed E-state index contributed by atoms with van der Waals surface area (Å²) in [4.78, 5) is 24.8. The lowest BCUT2D eigenvalue weighted by atomic mass is 9.86. The van der Waals surface area contributed by atoms with E-state index in [-0.39, 0.29) is 61.3 Å². The van der Waals surface area contributed by atoms with Crippen molar-refractivity contribution in [3.8, 4) is 0 Å². The number of hydrogen-bond donors (Lipinski definition) is 2. The van der Waals surface area contributed by atoms with Crippen molar-refractivity contribution in [3.05, 3.63) is 59.4 Å². The lowest BCUT2D eigenvalue weighted by molar-refractivity contribution is -0.376. The highest BCUT2D eigenvalue weighted by Crippen LogP contribution is 2.51. The number of aryl methyl sites for hydroxylation is 1. The number of alkyl carbamates (subject to hydrolysis) is 1. The van der Waals surface area contributed by atoms with Crippen LogP contribution in [0.1, 0.15) is 56.6 Å². The number of nitrogens with zero attached hydrogens (tertiary/aromatic N) is 1. The molecule has 2 aliphatic rings. The van der Waals surface area contributed by atoms with Crippen LogP contribution >= 0.6 is 0 Å². The lowest BCUT2D eigenvalue weighted by Gasteiger charge is -2.39. The highest BCUT2D eigenvalue weighted by molar-refractivity contribution is 7.92. The summed E-state index contributed by atoms with van der Waals surface area (Å²) in [5.41, 5.74) is -7.28. The third kappa shape index (κ3) is 6.90. The summed E-state index contributed by atoms with van der Waals surface area (Å²) in [6.45, 7) is 1.79. The van der Waals surface area contributed by atoms with Gasteiger partial charge in [0.05, 0.1) is 23.2 Å². The van der Waals surface area contributed by atoms with Crippen LogP contribution in [0, 0.1) is 11.7 Å². The molecule has 0 bridgehead atoms. The summed E-state index contributed by atoms with van der Waals surface area (Å²) < 4.78 is 128. The van der Waals surface area contributed by atoms with Crippen molar-refractivity contribution < 1.29 is 58.6 Å². The van der Waals surface area contributed by atoms with Gasteiger partial charge in [-0.3, -0.25) is 9.10 Å². The zero-order valence-corrected chi connectivity index (χ0v) is 24.7. The lowest BCUT2D eigenvalue weighted by Crippen LogP contribution is -2.54. The predicted molar refractivity (Wildman–Crippen MR) is 146 cm³/mol. The first kappa shape index (κ1) is 34.5. The molecule has 2 aromatic rings. The molecule has 0 radical (unpaired) electrons. The van der Waals surface area contributed by atoms with Gasteiger partial charge in [-0.2, -0.15) is 26.3 Å². The van der Waals surface area contributed by atoms with Crippen LogP contribution in [0.5, 0.6) is 0 Å². The van der Waals surface area contributed by atoms with Gasteiger partial charge in [-0.05, 0) is 74.4 Å². The number of Topliss-reactive ketones (excluding diaryl/α,β-unsaturated/α-hetero) is 1. The summed E-state index contributed by atoms with van der Waals surface area (Å²) >= 11 is 0.